The zero-order valence-electron chi connectivity index (χ0n) is 15.9. The van der Waals surface area contributed by atoms with Gasteiger partial charge < -0.3 is 4.74 Å². The molecule has 2 aromatic rings. The first-order chi connectivity index (χ1) is 13.1. The van der Waals surface area contributed by atoms with Gasteiger partial charge >= 0.3 is 8.25 Å². The molecule has 0 aromatic heterocycles. The van der Waals surface area contributed by atoms with E-state index in [2.05, 4.69) is 6.92 Å². The molecule has 0 amide bonds. The molecule has 1 atom stereocenters. The van der Waals surface area contributed by atoms with Gasteiger partial charge in [0.15, 0.2) is 5.76 Å². The summed E-state index contributed by atoms with van der Waals surface area (Å²) >= 11 is 0. The van der Waals surface area contributed by atoms with Crippen LogP contribution in [0.5, 0.6) is 5.75 Å². The van der Waals surface area contributed by atoms with E-state index in [-0.39, 0.29) is 5.41 Å². The standard InChI is InChI=1S/C22H25O4P/c1-3-20(26-27(23)24)21(22(4-2)13-14-22)18-11-8-12-19(15-18)25-16-17-9-6-5-7-10-17/h5-12,15H,3-4,13-14,16H2,1-2H3/p+1. The second-order valence-electron chi connectivity index (χ2n) is 6.92. The van der Waals surface area contributed by atoms with Crippen LogP contribution in [0.1, 0.15) is 50.7 Å². The van der Waals surface area contributed by atoms with Gasteiger partial charge in [0.1, 0.15) is 12.4 Å². The van der Waals surface area contributed by atoms with Crippen molar-refractivity contribution in [2.75, 3.05) is 0 Å². The van der Waals surface area contributed by atoms with Crippen LogP contribution in [0.3, 0.4) is 0 Å². The molecule has 1 saturated carbocycles. The summed E-state index contributed by atoms with van der Waals surface area (Å²) in [6, 6.07) is 18.0. The average molecular weight is 385 g/mol. The highest BCUT2D eigenvalue weighted by atomic mass is 31.1. The van der Waals surface area contributed by atoms with E-state index >= 15 is 0 Å². The smallest absolute Gasteiger partial charge is 0.489 e. The summed E-state index contributed by atoms with van der Waals surface area (Å²) in [5, 5.41) is 0. The van der Waals surface area contributed by atoms with Crippen molar-refractivity contribution < 1.29 is 18.7 Å². The van der Waals surface area contributed by atoms with Gasteiger partial charge in [0.05, 0.1) is 0 Å². The van der Waals surface area contributed by atoms with Crippen LogP contribution in [0.2, 0.25) is 0 Å². The second-order valence-corrected chi connectivity index (χ2v) is 7.58. The Kier molecular flexibility index (Phi) is 6.30. The fourth-order valence-corrected chi connectivity index (χ4v) is 3.97. The topological polar surface area (TPSA) is 55.8 Å². The molecule has 0 heterocycles. The lowest BCUT2D eigenvalue weighted by molar-refractivity contribution is 0.306. The lowest BCUT2D eigenvalue weighted by Gasteiger charge is -2.20. The summed E-state index contributed by atoms with van der Waals surface area (Å²) in [5.41, 5.74) is 3.21. The van der Waals surface area contributed by atoms with Crippen LogP contribution in [0.15, 0.2) is 60.4 Å². The summed E-state index contributed by atoms with van der Waals surface area (Å²) in [4.78, 5) is 9.30. The maximum Gasteiger partial charge on any atom is 0.747 e. The summed E-state index contributed by atoms with van der Waals surface area (Å²) < 4.78 is 22.6. The highest BCUT2D eigenvalue weighted by molar-refractivity contribution is 7.32. The first-order valence-electron chi connectivity index (χ1n) is 9.43. The van der Waals surface area contributed by atoms with Crippen molar-refractivity contribution in [3.8, 4) is 5.75 Å². The molecule has 5 heteroatoms. The van der Waals surface area contributed by atoms with Crippen LogP contribution >= 0.6 is 8.25 Å². The molecule has 1 N–H and O–H groups in total. The van der Waals surface area contributed by atoms with Gasteiger partial charge in [-0.2, -0.15) is 0 Å². The monoisotopic (exact) mass is 385 g/mol. The molecule has 0 radical (unpaired) electrons. The Labute approximate surface area is 161 Å². The van der Waals surface area contributed by atoms with E-state index in [0.29, 0.717) is 18.8 Å². The number of hydrogen-bond donors (Lipinski definition) is 1. The molecule has 0 aliphatic heterocycles. The maximum atomic E-state index is 11.3. The first-order valence-corrected chi connectivity index (χ1v) is 10.6. The van der Waals surface area contributed by atoms with Gasteiger partial charge in [-0.25, -0.2) is 4.52 Å². The molecular formula is C22H26O4P+. The minimum atomic E-state index is -2.68. The molecule has 1 unspecified atom stereocenters. The number of ether oxygens (including phenoxy) is 1. The fourth-order valence-electron chi connectivity index (χ4n) is 3.56. The molecule has 3 rings (SSSR count). The van der Waals surface area contributed by atoms with Gasteiger partial charge in [0.2, 0.25) is 0 Å². The third-order valence-electron chi connectivity index (χ3n) is 5.22. The van der Waals surface area contributed by atoms with Crippen molar-refractivity contribution in [1.82, 2.24) is 0 Å². The van der Waals surface area contributed by atoms with E-state index < -0.39 is 8.25 Å². The quantitative estimate of drug-likeness (QED) is 0.410. The Balaban J connectivity index is 1.91. The molecule has 0 bridgehead atoms. The second kappa shape index (κ2) is 8.69. The lowest BCUT2D eigenvalue weighted by Crippen LogP contribution is -2.07. The zero-order valence-corrected chi connectivity index (χ0v) is 16.7. The average Bonchev–Trinajstić information content (AvgIpc) is 3.47. The van der Waals surface area contributed by atoms with Crippen LogP contribution in [0.4, 0.5) is 0 Å². The Morgan fingerprint density at radius 3 is 2.44 bits per heavy atom. The van der Waals surface area contributed by atoms with Crippen molar-refractivity contribution in [3.05, 3.63) is 71.5 Å². The maximum absolute atomic E-state index is 11.3. The molecule has 0 spiro atoms. The molecule has 1 aliphatic rings. The van der Waals surface area contributed by atoms with Gasteiger partial charge in [0, 0.05) is 16.6 Å². The molecule has 27 heavy (non-hydrogen) atoms. The number of allylic oxidation sites excluding steroid dienone is 2. The van der Waals surface area contributed by atoms with Gasteiger partial charge in [-0.15, -0.1) is 4.89 Å². The predicted molar refractivity (Wildman–Crippen MR) is 107 cm³/mol. The molecule has 1 aliphatic carbocycles. The van der Waals surface area contributed by atoms with Gasteiger partial charge in [-0.3, -0.25) is 0 Å². The van der Waals surface area contributed by atoms with E-state index in [9.17, 15) is 9.46 Å². The van der Waals surface area contributed by atoms with Crippen molar-refractivity contribution in [2.24, 2.45) is 5.41 Å². The highest BCUT2D eigenvalue weighted by Gasteiger charge is 2.47. The third kappa shape index (κ3) is 4.77. The van der Waals surface area contributed by atoms with Crippen molar-refractivity contribution in [1.29, 1.82) is 0 Å². The summed E-state index contributed by atoms with van der Waals surface area (Å²) in [6.07, 6.45) is 3.70. The van der Waals surface area contributed by atoms with E-state index in [0.717, 1.165) is 41.7 Å². The van der Waals surface area contributed by atoms with E-state index in [1.165, 1.54) is 0 Å². The van der Waals surface area contributed by atoms with Crippen LogP contribution in [-0.2, 0) is 15.7 Å². The predicted octanol–water partition coefficient (Wildman–Crippen LogP) is 6.24. The van der Waals surface area contributed by atoms with Gasteiger partial charge in [-0.05, 0) is 47.9 Å². The SMILES string of the molecule is CCC(O[P+](=O)O)=C(c1cccc(OCc2ccccc2)c1)C1(CC)CC1. The normalized spacial score (nSPS) is 16.3. The minimum Gasteiger partial charge on any atom is -0.489 e. The van der Waals surface area contributed by atoms with E-state index in [1.54, 1.807) is 0 Å². The molecule has 4 nitrogen and oxygen atoms in total. The van der Waals surface area contributed by atoms with Crippen LogP contribution in [0, 0.1) is 5.41 Å². The van der Waals surface area contributed by atoms with E-state index in [1.807, 2.05) is 61.5 Å². The Bertz CT molecular complexity index is 825. The Hall–Kier alpha value is -2.16. The van der Waals surface area contributed by atoms with Crippen molar-refractivity contribution in [2.45, 2.75) is 46.1 Å². The fraction of sp³-hybridized carbons (Fsp3) is 0.364. The number of benzene rings is 2. The van der Waals surface area contributed by atoms with Crippen LogP contribution in [0.25, 0.3) is 5.57 Å². The van der Waals surface area contributed by atoms with Crippen molar-refractivity contribution in [3.63, 3.8) is 0 Å². The van der Waals surface area contributed by atoms with Crippen molar-refractivity contribution >= 4 is 13.8 Å². The molecule has 1 fully saturated rings. The van der Waals surface area contributed by atoms with Gasteiger partial charge in [-0.1, -0.05) is 56.3 Å². The summed E-state index contributed by atoms with van der Waals surface area (Å²) in [6.45, 7) is 4.62. The van der Waals surface area contributed by atoms with Crippen LogP contribution < -0.4 is 4.74 Å². The minimum absolute atomic E-state index is 0.0364. The Morgan fingerprint density at radius 1 is 1.11 bits per heavy atom. The summed E-state index contributed by atoms with van der Waals surface area (Å²) in [5.74, 6) is 1.39. The zero-order chi connectivity index (χ0) is 19.3. The lowest BCUT2D eigenvalue weighted by atomic mass is 9.86. The molecule has 2 aromatic carbocycles. The Morgan fingerprint density at radius 2 is 1.85 bits per heavy atom. The number of hydrogen-bond acceptors (Lipinski definition) is 3. The van der Waals surface area contributed by atoms with E-state index in [4.69, 9.17) is 9.26 Å². The molecule has 142 valence electrons. The number of rotatable bonds is 9. The van der Waals surface area contributed by atoms with Gasteiger partial charge in [0.25, 0.3) is 0 Å². The summed E-state index contributed by atoms with van der Waals surface area (Å²) in [7, 11) is -2.68. The largest absolute Gasteiger partial charge is 0.747 e. The first kappa shape index (κ1) is 19.6. The molecule has 0 saturated heterocycles. The third-order valence-corrected chi connectivity index (χ3v) is 5.60. The highest BCUT2D eigenvalue weighted by Crippen LogP contribution is 2.60. The van der Waals surface area contributed by atoms with Crippen LogP contribution in [-0.4, -0.2) is 4.89 Å². The molecular weight excluding hydrogens is 359 g/mol.